The van der Waals surface area contributed by atoms with Crippen molar-refractivity contribution in [1.29, 1.82) is 0 Å². The van der Waals surface area contributed by atoms with Gasteiger partial charge in [0.05, 0.1) is 29.7 Å². The largest absolute Gasteiger partial charge is 0.476 e. The number of carbonyl (C=O) groups is 1. The van der Waals surface area contributed by atoms with E-state index < -0.39 is 11.6 Å². The first-order valence-corrected chi connectivity index (χ1v) is 8.96. The molecule has 0 saturated heterocycles. The number of hydrogen-bond acceptors (Lipinski definition) is 6. The molecule has 1 aliphatic rings. The Bertz CT molecular complexity index is 921. The molecule has 0 fully saturated rings. The van der Waals surface area contributed by atoms with Gasteiger partial charge in [0.15, 0.2) is 0 Å². The summed E-state index contributed by atoms with van der Waals surface area (Å²) in [4.78, 5) is 26.3. The van der Waals surface area contributed by atoms with Crippen LogP contribution in [0.5, 0.6) is 5.75 Å². The lowest BCUT2D eigenvalue weighted by Gasteiger charge is -2.33. The van der Waals surface area contributed by atoms with Crippen LogP contribution in [0, 0.1) is 6.92 Å². The summed E-state index contributed by atoms with van der Waals surface area (Å²) in [6.45, 7) is 7.05. The molecule has 7 heteroatoms. The van der Waals surface area contributed by atoms with Gasteiger partial charge in [0, 0.05) is 18.0 Å². The highest BCUT2D eigenvalue weighted by Crippen LogP contribution is 2.40. The van der Waals surface area contributed by atoms with E-state index in [9.17, 15) is 9.59 Å². The zero-order valence-electron chi connectivity index (χ0n) is 15.3. The minimum Gasteiger partial charge on any atom is -0.476 e. The topological polar surface area (TPSA) is 69.0 Å². The Morgan fingerprint density at radius 3 is 2.85 bits per heavy atom. The van der Waals surface area contributed by atoms with Crippen LogP contribution in [0.3, 0.4) is 0 Å². The molecule has 26 heavy (non-hydrogen) atoms. The average molecular weight is 380 g/mol. The lowest BCUT2D eigenvalue weighted by atomic mass is 10.00. The zero-order valence-corrected chi connectivity index (χ0v) is 16.1. The summed E-state index contributed by atoms with van der Waals surface area (Å²) in [7, 11) is 1.29. The Balaban J connectivity index is 2.18. The fourth-order valence-electron chi connectivity index (χ4n) is 3.19. The summed E-state index contributed by atoms with van der Waals surface area (Å²) < 4.78 is 16.1. The van der Waals surface area contributed by atoms with Crippen LogP contribution in [0.1, 0.15) is 37.0 Å². The molecule has 0 saturated carbocycles. The summed E-state index contributed by atoms with van der Waals surface area (Å²) in [6.07, 6.45) is 0.842. The summed E-state index contributed by atoms with van der Waals surface area (Å²) in [5.41, 5.74) is 1.66. The highest BCUT2D eigenvalue weighted by atomic mass is 35.5. The van der Waals surface area contributed by atoms with E-state index in [1.807, 2.05) is 0 Å². The van der Waals surface area contributed by atoms with Crippen molar-refractivity contribution in [2.24, 2.45) is 0 Å². The van der Waals surface area contributed by atoms with Crippen molar-refractivity contribution in [1.82, 2.24) is 4.90 Å². The first-order chi connectivity index (χ1) is 12.4. The molecule has 3 rings (SSSR count). The summed E-state index contributed by atoms with van der Waals surface area (Å²) in [5, 5.41) is 1.18. The minimum absolute atomic E-state index is 0.134. The number of benzene rings is 1. The quantitative estimate of drug-likeness (QED) is 0.599. The molecule has 6 nitrogen and oxygen atoms in total. The molecule has 0 bridgehead atoms. The lowest BCUT2D eigenvalue weighted by Crippen LogP contribution is -2.38. The second-order valence-corrected chi connectivity index (χ2v) is 6.97. The summed E-state index contributed by atoms with van der Waals surface area (Å²) in [6, 6.07) is 2.05. The van der Waals surface area contributed by atoms with Crippen molar-refractivity contribution in [2.75, 3.05) is 13.8 Å². The van der Waals surface area contributed by atoms with Crippen molar-refractivity contribution >= 4 is 28.5 Å². The molecule has 1 aromatic heterocycles. The second kappa shape index (κ2) is 7.29. The molecule has 1 atom stereocenters. The number of nitrogens with zero attached hydrogens (tertiary/aromatic N) is 1. The zero-order chi connectivity index (χ0) is 19.0. The van der Waals surface area contributed by atoms with Gasteiger partial charge in [-0.15, -0.1) is 0 Å². The van der Waals surface area contributed by atoms with Gasteiger partial charge in [0.25, 0.3) is 0 Å². The number of methoxy groups -OCH3 is 1. The van der Waals surface area contributed by atoms with Gasteiger partial charge in [-0.2, -0.15) is 0 Å². The fraction of sp³-hybridized carbons (Fsp3) is 0.474. The SMILES string of the molecule is CCC(C)N1COc2c(Cl)cc3c(C)c(CC(=O)OC)c(=O)oc3c2C1. The van der Waals surface area contributed by atoms with Gasteiger partial charge in [-0.1, -0.05) is 18.5 Å². The van der Waals surface area contributed by atoms with Crippen LogP contribution in [0.4, 0.5) is 0 Å². The fourth-order valence-corrected chi connectivity index (χ4v) is 3.47. The molecular weight excluding hydrogens is 358 g/mol. The van der Waals surface area contributed by atoms with Gasteiger partial charge in [-0.25, -0.2) is 4.79 Å². The van der Waals surface area contributed by atoms with Gasteiger partial charge < -0.3 is 13.9 Å². The highest BCUT2D eigenvalue weighted by Gasteiger charge is 2.28. The Hall–Kier alpha value is -2.05. The van der Waals surface area contributed by atoms with Crippen LogP contribution in [0.15, 0.2) is 15.3 Å². The molecule has 2 aromatic rings. The van der Waals surface area contributed by atoms with Crippen molar-refractivity contribution in [2.45, 2.75) is 46.2 Å². The smallest absolute Gasteiger partial charge is 0.340 e. The third-order valence-electron chi connectivity index (χ3n) is 5.08. The molecular formula is C19H22ClNO5. The normalized spacial score (nSPS) is 15.4. The van der Waals surface area contributed by atoms with Gasteiger partial charge in [0.1, 0.15) is 18.1 Å². The predicted molar refractivity (Wildman–Crippen MR) is 98.7 cm³/mol. The summed E-state index contributed by atoms with van der Waals surface area (Å²) >= 11 is 6.42. The van der Waals surface area contributed by atoms with Crippen LogP contribution >= 0.6 is 11.6 Å². The van der Waals surface area contributed by atoms with E-state index in [2.05, 4.69) is 23.5 Å². The van der Waals surface area contributed by atoms with Crippen LogP contribution in [0.25, 0.3) is 11.0 Å². The number of halogens is 1. The maximum atomic E-state index is 12.5. The predicted octanol–water partition coefficient (Wildman–Crippen LogP) is 3.42. The van der Waals surface area contributed by atoms with Gasteiger partial charge in [-0.3, -0.25) is 9.69 Å². The first-order valence-electron chi connectivity index (χ1n) is 8.58. The van der Waals surface area contributed by atoms with E-state index >= 15 is 0 Å². The Morgan fingerprint density at radius 1 is 1.46 bits per heavy atom. The highest BCUT2D eigenvalue weighted by molar-refractivity contribution is 6.33. The van der Waals surface area contributed by atoms with Crippen molar-refractivity contribution in [3.05, 3.63) is 38.2 Å². The number of aryl methyl sites for hydroxylation is 1. The van der Waals surface area contributed by atoms with E-state index in [-0.39, 0.29) is 12.0 Å². The molecule has 0 amide bonds. The molecule has 1 aliphatic heterocycles. The van der Waals surface area contributed by atoms with Gasteiger partial charge >= 0.3 is 11.6 Å². The van der Waals surface area contributed by atoms with Gasteiger partial charge in [-0.05, 0) is 31.9 Å². The maximum absolute atomic E-state index is 12.5. The molecule has 0 spiro atoms. The van der Waals surface area contributed by atoms with E-state index in [4.69, 9.17) is 20.8 Å². The number of hydrogen-bond donors (Lipinski definition) is 0. The Kier molecular flexibility index (Phi) is 5.25. The Morgan fingerprint density at radius 2 is 2.19 bits per heavy atom. The van der Waals surface area contributed by atoms with Gasteiger partial charge in [0.2, 0.25) is 0 Å². The number of esters is 1. The lowest BCUT2D eigenvalue weighted by molar-refractivity contribution is -0.139. The van der Waals surface area contributed by atoms with Crippen molar-refractivity contribution in [3.8, 4) is 5.75 Å². The van der Waals surface area contributed by atoms with E-state index in [0.717, 1.165) is 12.0 Å². The number of carbonyl (C=O) groups excluding carboxylic acids is 1. The molecule has 0 aliphatic carbocycles. The second-order valence-electron chi connectivity index (χ2n) is 6.57. The third kappa shape index (κ3) is 3.19. The molecule has 140 valence electrons. The Labute approximate surface area is 156 Å². The summed E-state index contributed by atoms with van der Waals surface area (Å²) in [5.74, 6) is 0.0667. The van der Waals surface area contributed by atoms with E-state index in [1.165, 1.54) is 7.11 Å². The van der Waals surface area contributed by atoms with Crippen LogP contribution in [0.2, 0.25) is 5.02 Å². The first kappa shape index (κ1) is 18.7. The van der Waals surface area contributed by atoms with Crippen molar-refractivity contribution in [3.63, 3.8) is 0 Å². The third-order valence-corrected chi connectivity index (χ3v) is 5.36. The van der Waals surface area contributed by atoms with E-state index in [1.54, 1.807) is 13.0 Å². The van der Waals surface area contributed by atoms with Crippen LogP contribution < -0.4 is 10.4 Å². The number of fused-ring (bicyclic) bond motifs is 3. The molecule has 0 N–H and O–H groups in total. The monoisotopic (exact) mass is 379 g/mol. The molecule has 1 unspecified atom stereocenters. The minimum atomic E-state index is -0.536. The molecule has 1 aromatic carbocycles. The average Bonchev–Trinajstić information content (AvgIpc) is 2.65. The maximum Gasteiger partial charge on any atom is 0.340 e. The van der Waals surface area contributed by atoms with Crippen molar-refractivity contribution < 1.29 is 18.7 Å². The van der Waals surface area contributed by atoms with Crippen LogP contribution in [-0.4, -0.2) is 30.8 Å². The number of rotatable bonds is 4. The standard InChI is InChI=1S/C19H22ClNO5/c1-5-10(2)21-8-14-17-12(6-15(20)18(14)25-9-21)11(3)13(19(23)26-17)7-16(22)24-4/h6,10H,5,7-9H2,1-4H3. The van der Waals surface area contributed by atoms with Crippen LogP contribution in [-0.2, 0) is 22.5 Å². The van der Waals surface area contributed by atoms with E-state index in [0.29, 0.717) is 46.6 Å². The molecule has 0 radical (unpaired) electrons. The number of ether oxygens (including phenoxy) is 2. The molecule has 2 heterocycles.